The molecule has 0 aromatic rings. The maximum Gasteiger partial charge on any atom is 0.237 e. The Hall–Kier alpha value is -0.610. The lowest BCUT2D eigenvalue weighted by atomic mass is 10.2. The summed E-state index contributed by atoms with van der Waals surface area (Å²) in [6.07, 6.45) is 2.38. The molecule has 4 heteroatoms. The molecule has 2 saturated heterocycles. The van der Waals surface area contributed by atoms with E-state index in [1.54, 1.807) is 0 Å². The number of hydrogen-bond donors (Lipinski definition) is 0. The number of carbonyl (C=O) groups excluding carboxylic acids is 1. The van der Waals surface area contributed by atoms with E-state index in [4.69, 9.17) is 0 Å². The normalized spacial score (nSPS) is 31.3. The molecule has 0 N–H and O–H groups in total. The van der Waals surface area contributed by atoms with E-state index in [1.807, 2.05) is 19.0 Å². The Kier molecular flexibility index (Phi) is 2.98. The van der Waals surface area contributed by atoms with Crippen molar-refractivity contribution in [2.75, 3.05) is 40.8 Å². The molecule has 2 aliphatic heterocycles. The number of carbonyl (C=O) groups is 1. The minimum atomic E-state index is 0.306. The molecule has 0 aromatic heterocycles. The summed E-state index contributed by atoms with van der Waals surface area (Å²) in [6, 6.07) is 0.947. The molecule has 15 heavy (non-hydrogen) atoms. The lowest BCUT2D eigenvalue weighted by Gasteiger charge is -2.40. The third kappa shape index (κ3) is 2.16. The molecule has 0 saturated carbocycles. The standard InChI is InChI=1S/C11H21N3O/c1-12(2)8-11(15)14-9-4-5-10(14)7-13(3)6-9/h9-10H,4-8H2,1-3H3. The van der Waals surface area contributed by atoms with E-state index in [0.29, 0.717) is 24.5 Å². The van der Waals surface area contributed by atoms with E-state index in [1.165, 1.54) is 12.8 Å². The van der Waals surface area contributed by atoms with Gasteiger partial charge in [0.15, 0.2) is 0 Å². The van der Waals surface area contributed by atoms with Gasteiger partial charge < -0.3 is 14.7 Å². The van der Waals surface area contributed by atoms with Gasteiger partial charge in [0.2, 0.25) is 5.91 Å². The Labute approximate surface area is 91.8 Å². The molecule has 0 spiro atoms. The molecule has 2 aliphatic rings. The van der Waals surface area contributed by atoms with Crippen molar-refractivity contribution in [2.45, 2.75) is 24.9 Å². The fraction of sp³-hybridized carbons (Fsp3) is 0.909. The van der Waals surface area contributed by atoms with E-state index >= 15 is 0 Å². The second-order valence-electron chi connectivity index (χ2n) is 5.14. The van der Waals surface area contributed by atoms with Gasteiger partial charge in [-0.1, -0.05) is 0 Å². The zero-order chi connectivity index (χ0) is 11.0. The largest absolute Gasteiger partial charge is 0.333 e. The van der Waals surface area contributed by atoms with Gasteiger partial charge in [-0.3, -0.25) is 4.79 Å². The minimum absolute atomic E-state index is 0.306. The van der Waals surface area contributed by atoms with Gasteiger partial charge in [0.25, 0.3) is 0 Å². The van der Waals surface area contributed by atoms with Crippen LogP contribution in [-0.4, -0.2) is 73.5 Å². The second-order valence-corrected chi connectivity index (χ2v) is 5.14. The van der Waals surface area contributed by atoms with Crippen LogP contribution >= 0.6 is 0 Å². The topological polar surface area (TPSA) is 26.8 Å². The molecule has 4 nitrogen and oxygen atoms in total. The Morgan fingerprint density at radius 3 is 2.27 bits per heavy atom. The monoisotopic (exact) mass is 211 g/mol. The van der Waals surface area contributed by atoms with Crippen molar-refractivity contribution in [3.63, 3.8) is 0 Å². The van der Waals surface area contributed by atoms with Crippen LogP contribution in [0.15, 0.2) is 0 Å². The number of piperazine rings is 1. The first-order chi connectivity index (χ1) is 7.08. The van der Waals surface area contributed by atoms with Crippen LogP contribution in [0, 0.1) is 0 Å². The molecule has 0 aliphatic carbocycles. The second kappa shape index (κ2) is 4.10. The van der Waals surface area contributed by atoms with Crippen molar-refractivity contribution in [3.8, 4) is 0 Å². The molecule has 2 rings (SSSR count). The highest BCUT2D eigenvalue weighted by atomic mass is 16.2. The lowest BCUT2D eigenvalue weighted by Crippen LogP contribution is -2.56. The molecule has 86 valence electrons. The lowest BCUT2D eigenvalue weighted by molar-refractivity contribution is -0.137. The van der Waals surface area contributed by atoms with Crippen molar-refractivity contribution < 1.29 is 4.79 Å². The maximum absolute atomic E-state index is 12.0. The Morgan fingerprint density at radius 1 is 1.27 bits per heavy atom. The number of fused-ring (bicyclic) bond motifs is 2. The fourth-order valence-corrected chi connectivity index (χ4v) is 2.87. The average molecular weight is 211 g/mol. The molecular formula is C11H21N3O. The number of amides is 1. The van der Waals surface area contributed by atoms with E-state index < -0.39 is 0 Å². The van der Waals surface area contributed by atoms with Crippen LogP contribution in [0.25, 0.3) is 0 Å². The quantitative estimate of drug-likeness (QED) is 0.636. The van der Waals surface area contributed by atoms with Crippen molar-refractivity contribution in [1.82, 2.24) is 14.7 Å². The SMILES string of the molecule is CN(C)CC(=O)N1C2CCC1CN(C)C2. The van der Waals surface area contributed by atoms with Crippen LogP contribution < -0.4 is 0 Å². The van der Waals surface area contributed by atoms with Gasteiger partial charge in [-0.2, -0.15) is 0 Å². The molecule has 2 atom stereocenters. The van der Waals surface area contributed by atoms with Crippen LogP contribution in [0.4, 0.5) is 0 Å². The third-order valence-electron chi connectivity index (χ3n) is 3.40. The predicted molar refractivity (Wildman–Crippen MR) is 59.7 cm³/mol. The predicted octanol–water partition coefficient (Wildman–Crippen LogP) is -0.147. The zero-order valence-corrected chi connectivity index (χ0v) is 9.94. The van der Waals surface area contributed by atoms with E-state index in [2.05, 4.69) is 16.8 Å². The highest BCUT2D eigenvalue weighted by molar-refractivity contribution is 5.79. The van der Waals surface area contributed by atoms with Crippen LogP contribution in [0.5, 0.6) is 0 Å². The summed E-state index contributed by atoms with van der Waals surface area (Å²) in [6.45, 7) is 2.65. The number of hydrogen-bond acceptors (Lipinski definition) is 3. The highest BCUT2D eigenvalue weighted by Gasteiger charge is 2.41. The molecule has 2 fully saturated rings. The van der Waals surface area contributed by atoms with Crippen molar-refractivity contribution in [3.05, 3.63) is 0 Å². The Bertz CT molecular complexity index is 240. The summed E-state index contributed by atoms with van der Waals surface area (Å²) in [5, 5.41) is 0. The van der Waals surface area contributed by atoms with Crippen LogP contribution in [0.1, 0.15) is 12.8 Å². The van der Waals surface area contributed by atoms with Crippen molar-refractivity contribution in [2.24, 2.45) is 0 Å². The van der Waals surface area contributed by atoms with E-state index in [9.17, 15) is 4.79 Å². The van der Waals surface area contributed by atoms with Gasteiger partial charge in [-0.05, 0) is 34.0 Å². The van der Waals surface area contributed by atoms with Gasteiger partial charge in [0.1, 0.15) is 0 Å². The van der Waals surface area contributed by atoms with Crippen LogP contribution in [0.3, 0.4) is 0 Å². The van der Waals surface area contributed by atoms with E-state index in [0.717, 1.165) is 13.1 Å². The van der Waals surface area contributed by atoms with Gasteiger partial charge >= 0.3 is 0 Å². The van der Waals surface area contributed by atoms with Gasteiger partial charge in [-0.15, -0.1) is 0 Å². The molecule has 0 aromatic carbocycles. The van der Waals surface area contributed by atoms with Crippen LogP contribution in [0.2, 0.25) is 0 Å². The first-order valence-electron chi connectivity index (χ1n) is 5.72. The van der Waals surface area contributed by atoms with Gasteiger partial charge in [0.05, 0.1) is 6.54 Å². The first kappa shape index (κ1) is 10.9. The third-order valence-corrected chi connectivity index (χ3v) is 3.40. The summed E-state index contributed by atoms with van der Waals surface area (Å²) in [5.74, 6) is 0.306. The molecular weight excluding hydrogens is 190 g/mol. The summed E-state index contributed by atoms with van der Waals surface area (Å²) in [4.78, 5) is 18.5. The maximum atomic E-state index is 12.0. The summed E-state index contributed by atoms with van der Waals surface area (Å²) in [7, 11) is 6.06. The fourth-order valence-electron chi connectivity index (χ4n) is 2.87. The number of likely N-dealkylation sites (tertiary alicyclic amines) is 1. The highest BCUT2D eigenvalue weighted by Crippen LogP contribution is 2.29. The number of nitrogens with zero attached hydrogens (tertiary/aromatic N) is 3. The molecule has 0 radical (unpaired) electrons. The molecule has 2 unspecified atom stereocenters. The van der Waals surface area contributed by atoms with Gasteiger partial charge in [0, 0.05) is 25.2 Å². The molecule has 2 bridgehead atoms. The Morgan fingerprint density at radius 2 is 1.80 bits per heavy atom. The van der Waals surface area contributed by atoms with E-state index in [-0.39, 0.29) is 0 Å². The van der Waals surface area contributed by atoms with Gasteiger partial charge in [-0.25, -0.2) is 0 Å². The first-order valence-corrected chi connectivity index (χ1v) is 5.72. The minimum Gasteiger partial charge on any atom is -0.333 e. The smallest absolute Gasteiger partial charge is 0.237 e. The summed E-state index contributed by atoms with van der Waals surface area (Å²) >= 11 is 0. The molecule has 1 amide bonds. The van der Waals surface area contributed by atoms with Crippen LogP contribution in [-0.2, 0) is 4.79 Å². The number of likely N-dealkylation sites (N-methyl/N-ethyl adjacent to an activating group) is 2. The van der Waals surface area contributed by atoms with Crippen molar-refractivity contribution in [1.29, 1.82) is 0 Å². The van der Waals surface area contributed by atoms with Crippen molar-refractivity contribution >= 4 is 5.91 Å². The Balaban J connectivity index is 2.01. The summed E-state index contributed by atoms with van der Waals surface area (Å²) in [5.41, 5.74) is 0. The molecule has 2 heterocycles. The average Bonchev–Trinajstić information content (AvgIpc) is 2.38. The summed E-state index contributed by atoms with van der Waals surface area (Å²) < 4.78 is 0. The number of rotatable bonds is 2. The zero-order valence-electron chi connectivity index (χ0n) is 9.94.